The van der Waals surface area contributed by atoms with Gasteiger partial charge in [0.1, 0.15) is 0 Å². The third-order valence-electron chi connectivity index (χ3n) is 14.8. The molecule has 0 aromatic heterocycles. The zero-order valence-corrected chi connectivity index (χ0v) is 35.9. The molecule has 3 aliphatic carbocycles. The van der Waals surface area contributed by atoms with Gasteiger partial charge >= 0.3 is 0 Å². The van der Waals surface area contributed by atoms with Crippen molar-refractivity contribution in [1.82, 2.24) is 0 Å². The van der Waals surface area contributed by atoms with Crippen LogP contribution in [0.25, 0.3) is 55.3 Å². The van der Waals surface area contributed by atoms with E-state index in [1.165, 1.54) is 101 Å². The van der Waals surface area contributed by atoms with Gasteiger partial charge in [-0.1, -0.05) is 198 Å². The Morgan fingerprint density at radius 3 is 1.55 bits per heavy atom. The summed E-state index contributed by atoms with van der Waals surface area (Å²) in [5, 5.41) is 2.44. The van der Waals surface area contributed by atoms with Crippen LogP contribution in [-0.2, 0) is 16.2 Å². The van der Waals surface area contributed by atoms with Crippen LogP contribution in [0, 0.1) is 0 Å². The first-order valence-electron chi connectivity index (χ1n) is 22.3. The highest BCUT2D eigenvalue weighted by atomic mass is 15.1. The van der Waals surface area contributed by atoms with E-state index in [1.54, 1.807) is 0 Å². The first-order valence-corrected chi connectivity index (χ1v) is 22.3. The number of nitrogens with zero attached hydrogens (tertiary/aromatic N) is 1. The van der Waals surface area contributed by atoms with Crippen molar-refractivity contribution in [3.63, 3.8) is 0 Å². The molecular formula is C61H49N. The third-order valence-corrected chi connectivity index (χ3v) is 14.8. The van der Waals surface area contributed by atoms with Crippen LogP contribution in [-0.4, -0.2) is 0 Å². The van der Waals surface area contributed by atoms with E-state index >= 15 is 0 Å². The number of benzene rings is 9. The van der Waals surface area contributed by atoms with Gasteiger partial charge in [0.15, 0.2) is 0 Å². The summed E-state index contributed by atoms with van der Waals surface area (Å²) < 4.78 is 0. The second kappa shape index (κ2) is 13.5. The zero-order chi connectivity index (χ0) is 41.8. The first kappa shape index (κ1) is 36.9. The molecule has 12 rings (SSSR count). The summed E-state index contributed by atoms with van der Waals surface area (Å²) in [6.07, 6.45) is 2.35. The van der Waals surface area contributed by atoms with Crippen molar-refractivity contribution in [3.8, 4) is 44.5 Å². The van der Waals surface area contributed by atoms with Crippen LogP contribution in [0.15, 0.2) is 200 Å². The molecule has 0 N–H and O–H groups in total. The number of rotatable bonds is 5. The Morgan fingerprint density at radius 1 is 0.339 bits per heavy atom. The number of hydrogen-bond acceptors (Lipinski definition) is 1. The zero-order valence-electron chi connectivity index (χ0n) is 35.9. The third kappa shape index (κ3) is 5.27. The van der Waals surface area contributed by atoms with Crippen molar-refractivity contribution >= 4 is 27.8 Å². The molecule has 9 aromatic rings. The predicted molar refractivity (Wildman–Crippen MR) is 261 cm³/mol. The summed E-state index contributed by atoms with van der Waals surface area (Å²) in [4.78, 5) is 2.56. The molecule has 9 aromatic carbocycles. The highest BCUT2D eigenvalue weighted by Crippen LogP contribution is 2.64. The molecule has 298 valence electrons. The molecular weight excluding hydrogens is 747 g/mol. The molecule has 1 spiro atoms. The lowest BCUT2D eigenvalue weighted by Crippen LogP contribution is -2.33. The summed E-state index contributed by atoms with van der Waals surface area (Å²) >= 11 is 0. The maximum absolute atomic E-state index is 2.59. The average Bonchev–Trinajstić information content (AvgIpc) is 3.78. The minimum Gasteiger partial charge on any atom is -0.309 e. The maximum atomic E-state index is 2.59. The molecule has 0 atom stereocenters. The molecule has 0 unspecified atom stereocenters. The van der Waals surface area contributed by atoms with E-state index in [2.05, 4.69) is 233 Å². The Morgan fingerprint density at radius 2 is 0.871 bits per heavy atom. The van der Waals surface area contributed by atoms with Gasteiger partial charge in [-0.3, -0.25) is 0 Å². The molecule has 0 aliphatic heterocycles. The smallest absolute Gasteiger partial charge is 0.0726 e. The predicted octanol–water partition coefficient (Wildman–Crippen LogP) is 16.3. The molecule has 62 heavy (non-hydrogen) atoms. The van der Waals surface area contributed by atoms with Gasteiger partial charge in [-0.2, -0.15) is 0 Å². The van der Waals surface area contributed by atoms with E-state index in [1.807, 2.05) is 0 Å². The van der Waals surface area contributed by atoms with Crippen LogP contribution in [0.1, 0.15) is 73.9 Å². The van der Waals surface area contributed by atoms with Gasteiger partial charge in [0.2, 0.25) is 0 Å². The van der Waals surface area contributed by atoms with Gasteiger partial charge in [0.25, 0.3) is 0 Å². The second-order valence-electron chi connectivity index (χ2n) is 19.1. The van der Waals surface area contributed by atoms with Crippen molar-refractivity contribution in [2.75, 3.05) is 4.90 Å². The lowest BCUT2D eigenvalue weighted by Gasteiger charge is -2.42. The van der Waals surface area contributed by atoms with Gasteiger partial charge in [0, 0.05) is 16.6 Å². The first-order chi connectivity index (χ1) is 30.2. The quantitative estimate of drug-likeness (QED) is 0.168. The van der Waals surface area contributed by atoms with Crippen molar-refractivity contribution in [2.45, 2.75) is 56.8 Å². The van der Waals surface area contributed by atoms with Gasteiger partial charge in [0.05, 0.1) is 16.8 Å². The van der Waals surface area contributed by atoms with Gasteiger partial charge in [-0.25, -0.2) is 0 Å². The molecule has 0 fully saturated rings. The van der Waals surface area contributed by atoms with Crippen molar-refractivity contribution in [3.05, 3.63) is 234 Å². The highest BCUT2D eigenvalue weighted by molar-refractivity contribution is 6.04. The molecule has 0 amide bonds. The fourth-order valence-corrected chi connectivity index (χ4v) is 11.5. The lowest BCUT2D eigenvalue weighted by molar-refractivity contribution is 0.332. The van der Waals surface area contributed by atoms with Gasteiger partial charge in [-0.05, 0) is 132 Å². The van der Waals surface area contributed by atoms with E-state index in [0.717, 1.165) is 17.8 Å². The SMILES string of the molecule is CC1(C)CCC(C)(C)c2cc(-c3cc4c(cc3N(c3ccc(-c5ccccc5)cc3)c3cccc5ccccc35)C3(c5ccccc5-c5ccccc53)c3ccccc3-4)ccc21. The van der Waals surface area contributed by atoms with Crippen LogP contribution in [0.4, 0.5) is 17.1 Å². The molecule has 0 saturated heterocycles. The molecule has 1 heteroatoms. The Kier molecular flexibility index (Phi) is 8.04. The Balaban J connectivity index is 1.21. The fourth-order valence-electron chi connectivity index (χ4n) is 11.5. The Labute approximate surface area is 366 Å². The normalized spacial score (nSPS) is 15.7. The van der Waals surface area contributed by atoms with E-state index in [9.17, 15) is 0 Å². The van der Waals surface area contributed by atoms with Crippen LogP contribution in [0.5, 0.6) is 0 Å². The van der Waals surface area contributed by atoms with Crippen molar-refractivity contribution in [2.24, 2.45) is 0 Å². The van der Waals surface area contributed by atoms with E-state index < -0.39 is 5.41 Å². The number of fused-ring (bicyclic) bond motifs is 12. The van der Waals surface area contributed by atoms with Crippen molar-refractivity contribution < 1.29 is 0 Å². The van der Waals surface area contributed by atoms with Gasteiger partial charge < -0.3 is 4.90 Å². The van der Waals surface area contributed by atoms with Crippen LogP contribution in [0.2, 0.25) is 0 Å². The standard InChI is InChI=1S/C61H49N/c1-59(2)35-36-60(3,4)56-37-43(31-34-54(56)59)49-38-50-48-24-12-15-27-53(48)61(51-25-13-10-22-46(51)47-23-11-14-26-52(47)61)55(50)39-58(49)62(57-28-16-20-42-19-8-9-21-45(42)57)44-32-29-41(30-33-44)40-17-6-5-7-18-40/h5-34,37-39H,35-36H2,1-4H3. The molecule has 0 bridgehead atoms. The van der Waals surface area contributed by atoms with Crippen LogP contribution < -0.4 is 4.90 Å². The topological polar surface area (TPSA) is 3.24 Å². The monoisotopic (exact) mass is 795 g/mol. The summed E-state index contributed by atoms with van der Waals surface area (Å²) in [5.41, 5.74) is 21.7. The minimum absolute atomic E-state index is 0.0638. The number of anilines is 3. The highest BCUT2D eigenvalue weighted by Gasteiger charge is 2.52. The summed E-state index contributed by atoms with van der Waals surface area (Å²) in [7, 11) is 0. The van der Waals surface area contributed by atoms with E-state index in [0.29, 0.717) is 0 Å². The summed E-state index contributed by atoms with van der Waals surface area (Å²) in [6, 6.07) is 75.7. The molecule has 0 heterocycles. The molecule has 3 aliphatic rings. The largest absolute Gasteiger partial charge is 0.309 e. The summed E-state index contributed by atoms with van der Waals surface area (Å²) in [6.45, 7) is 9.74. The molecule has 0 radical (unpaired) electrons. The lowest BCUT2D eigenvalue weighted by atomic mass is 9.63. The van der Waals surface area contributed by atoms with Gasteiger partial charge in [-0.15, -0.1) is 0 Å². The Bertz CT molecular complexity index is 3190. The minimum atomic E-state index is -0.476. The van der Waals surface area contributed by atoms with E-state index in [-0.39, 0.29) is 10.8 Å². The average molecular weight is 796 g/mol. The van der Waals surface area contributed by atoms with Crippen LogP contribution >= 0.6 is 0 Å². The molecule has 1 nitrogen and oxygen atoms in total. The Hall–Kier alpha value is -6.96. The molecule has 0 saturated carbocycles. The second-order valence-corrected chi connectivity index (χ2v) is 19.1. The summed E-state index contributed by atoms with van der Waals surface area (Å²) in [5.74, 6) is 0. The van der Waals surface area contributed by atoms with Crippen LogP contribution in [0.3, 0.4) is 0 Å². The number of hydrogen-bond donors (Lipinski definition) is 0. The van der Waals surface area contributed by atoms with E-state index in [4.69, 9.17) is 0 Å². The van der Waals surface area contributed by atoms with Crippen molar-refractivity contribution in [1.29, 1.82) is 0 Å². The fraction of sp³-hybridized carbons (Fsp3) is 0.148. The maximum Gasteiger partial charge on any atom is 0.0726 e.